The summed E-state index contributed by atoms with van der Waals surface area (Å²) in [6.07, 6.45) is 1.88. The maximum atomic E-state index is 5.13. The van der Waals surface area contributed by atoms with Crippen molar-refractivity contribution in [3.63, 3.8) is 0 Å². The average Bonchev–Trinajstić information content (AvgIpc) is 3.51. The zero-order valence-electron chi connectivity index (χ0n) is 24.3. The van der Waals surface area contributed by atoms with Crippen molar-refractivity contribution in [1.82, 2.24) is 14.4 Å². The Morgan fingerprint density at radius 2 is 1.16 bits per heavy atom. The summed E-state index contributed by atoms with van der Waals surface area (Å²) in [5.41, 5.74) is 10.0. The molecular formula is C42H25N3. The van der Waals surface area contributed by atoms with Gasteiger partial charge >= 0.3 is 0 Å². The van der Waals surface area contributed by atoms with Crippen LogP contribution in [-0.2, 0) is 0 Å². The molecule has 0 saturated carbocycles. The second kappa shape index (κ2) is 9.22. The van der Waals surface area contributed by atoms with E-state index in [0.717, 1.165) is 43.9 Å². The third-order valence-electron chi connectivity index (χ3n) is 9.38. The van der Waals surface area contributed by atoms with Crippen LogP contribution in [0.15, 0.2) is 152 Å². The van der Waals surface area contributed by atoms with Gasteiger partial charge in [0, 0.05) is 27.7 Å². The van der Waals surface area contributed by atoms with Gasteiger partial charge in [-0.1, -0.05) is 109 Å². The summed E-state index contributed by atoms with van der Waals surface area (Å²) in [4.78, 5) is 9.97. The molecule has 0 bridgehead atoms. The summed E-state index contributed by atoms with van der Waals surface area (Å²) in [6.45, 7) is 0. The number of para-hydroxylation sites is 2. The fourth-order valence-corrected chi connectivity index (χ4v) is 7.30. The molecule has 0 saturated heterocycles. The molecule has 10 aromatic rings. The molecule has 0 aliphatic rings. The fraction of sp³-hybridized carbons (Fsp3) is 0. The van der Waals surface area contributed by atoms with Crippen molar-refractivity contribution in [2.75, 3.05) is 0 Å². The first kappa shape index (κ1) is 24.4. The van der Waals surface area contributed by atoms with Gasteiger partial charge in [-0.15, -0.1) is 0 Å². The van der Waals surface area contributed by atoms with Crippen LogP contribution in [0.3, 0.4) is 0 Å². The van der Waals surface area contributed by atoms with Gasteiger partial charge in [0.2, 0.25) is 0 Å². The molecule has 0 radical (unpaired) electrons. The van der Waals surface area contributed by atoms with Crippen molar-refractivity contribution < 1.29 is 0 Å². The summed E-state index contributed by atoms with van der Waals surface area (Å²) in [6, 6.07) is 52.5. The Balaban J connectivity index is 1.20. The van der Waals surface area contributed by atoms with Crippen LogP contribution in [0.2, 0.25) is 0 Å². The first-order valence-electron chi connectivity index (χ1n) is 15.3. The van der Waals surface area contributed by atoms with Crippen LogP contribution in [0, 0.1) is 0 Å². The molecule has 7 aromatic carbocycles. The molecule has 0 unspecified atom stereocenters. The van der Waals surface area contributed by atoms with Gasteiger partial charge in [-0.2, -0.15) is 0 Å². The molecule has 0 atom stereocenters. The van der Waals surface area contributed by atoms with Gasteiger partial charge in [0.05, 0.1) is 22.1 Å². The molecule has 0 spiro atoms. The van der Waals surface area contributed by atoms with E-state index in [4.69, 9.17) is 9.97 Å². The van der Waals surface area contributed by atoms with Crippen LogP contribution in [-0.4, -0.2) is 14.4 Å². The fourth-order valence-electron chi connectivity index (χ4n) is 7.30. The molecule has 0 aliphatic carbocycles. The molecule has 45 heavy (non-hydrogen) atoms. The average molecular weight is 572 g/mol. The molecule has 3 nitrogen and oxygen atoms in total. The Hall–Kier alpha value is -6.06. The van der Waals surface area contributed by atoms with Gasteiger partial charge < -0.3 is 0 Å². The highest BCUT2D eigenvalue weighted by atomic mass is 15.0. The Labute approximate surface area is 258 Å². The van der Waals surface area contributed by atoms with Crippen LogP contribution >= 0.6 is 0 Å². The summed E-state index contributed by atoms with van der Waals surface area (Å²) in [5.74, 6) is 0. The lowest BCUT2D eigenvalue weighted by atomic mass is 9.92. The van der Waals surface area contributed by atoms with E-state index in [1.165, 1.54) is 49.2 Å². The van der Waals surface area contributed by atoms with Crippen molar-refractivity contribution >= 4 is 70.8 Å². The third-order valence-corrected chi connectivity index (χ3v) is 9.38. The minimum Gasteiger partial charge on any atom is -0.292 e. The maximum absolute atomic E-state index is 5.13. The number of nitrogens with zero attached hydrogens (tertiary/aromatic N) is 3. The zero-order chi connectivity index (χ0) is 29.5. The lowest BCUT2D eigenvalue weighted by Crippen LogP contribution is -1.94. The SMILES string of the molecule is c1ccc2c(c1)cc(-c1ccc(-c3ccc4c5c(ccc6cccnc65)c5nc6ccccc6n5c4c3)cc1)c1ccccc12. The first-order valence-corrected chi connectivity index (χ1v) is 15.3. The van der Waals surface area contributed by atoms with E-state index >= 15 is 0 Å². The van der Waals surface area contributed by atoms with Crippen molar-refractivity contribution in [1.29, 1.82) is 0 Å². The van der Waals surface area contributed by atoms with Crippen LogP contribution in [0.1, 0.15) is 0 Å². The lowest BCUT2D eigenvalue weighted by molar-refractivity contribution is 1.31. The topological polar surface area (TPSA) is 30.2 Å². The van der Waals surface area contributed by atoms with E-state index in [9.17, 15) is 0 Å². The van der Waals surface area contributed by atoms with Crippen LogP contribution in [0.5, 0.6) is 0 Å². The number of hydrogen-bond acceptors (Lipinski definition) is 2. The standard InChI is InChI=1S/C42H25N3/c1-2-10-31-30(8-1)24-36(33-12-4-3-11-32(31)33)27-17-15-26(16-18-27)29-20-21-34-39(25-29)45-38-14-6-5-13-37(38)44-42(45)35-22-19-28-9-7-23-43-41(28)40(34)35/h1-25H. The predicted octanol–water partition coefficient (Wildman–Crippen LogP) is 11.0. The molecule has 208 valence electrons. The first-order chi connectivity index (χ1) is 22.3. The van der Waals surface area contributed by atoms with Crippen LogP contribution < -0.4 is 0 Å². The number of aromatic nitrogens is 3. The highest BCUT2D eigenvalue weighted by Crippen LogP contribution is 2.39. The van der Waals surface area contributed by atoms with Crippen LogP contribution in [0.4, 0.5) is 0 Å². The Bertz CT molecular complexity index is 2810. The normalized spacial score (nSPS) is 12.0. The minimum absolute atomic E-state index is 0.960. The number of benzene rings is 7. The number of pyridine rings is 2. The Morgan fingerprint density at radius 3 is 2.07 bits per heavy atom. The van der Waals surface area contributed by atoms with Gasteiger partial charge in [-0.05, 0) is 80.2 Å². The second-order valence-corrected chi connectivity index (χ2v) is 11.8. The predicted molar refractivity (Wildman–Crippen MR) is 189 cm³/mol. The van der Waals surface area contributed by atoms with Crippen molar-refractivity contribution in [3.05, 3.63) is 152 Å². The lowest BCUT2D eigenvalue weighted by Gasteiger charge is -2.14. The van der Waals surface area contributed by atoms with Gasteiger partial charge in [-0.3, -0.25) is 9.38 Å². The maximum Gasteiger partial charge on any atom is 0.146 e. The molecular weight excluding hydrogens is 546 g/mol. The smallest absolute Gasteiger partial charge is 0.146 e. The molecule has 3 aromatic heterocycles. The van der Waals surface area contributed by atoms with Crippen molar-refractivity contribution in [2.24, 2.45) is 0 Å². The zero-order valence-corrected chi connectivity index (χ0v) is 24.3. The molecule has 0 aliphatic heterocycles. The number of rotatable bonds is 2. The summed E-state index contributed by atoms with van der Waals surface area (Å²) >= 11 is 0. The Morgan fingerprint density at radius 1 is 0.444 bits per heavy atom. The molecule has 0 fully saturated rings. The third kappa shape index (κ3) is 3.52. The van der Waals surface area contributed by atoms with Crippen molar-refractivity contribution in [3.8, 4) is 22.3 Å². The number of hydrogen-bond donors (Lipinski definition) is 0. The quantitative estimate of drug-likeness (QED) is 0.193. The number of imidazole rings is 1. The largest absolute Gasteiger partial charge is 0.292 e. The monoisotopic (exact) mass is 571 g/mol. The van der Waals surface area contributed by atoms with E-state index in [2.05, 4.69) is 144 Å². The van der Waals surface area contributed by atoms with Gasteiger partial charge in [0.15, 0.2) is 0 Å². The molecule has 3 heteroatoms. The second-order valence-electron chi connectivity index (χ2n) is 11.8. The van der Waals surface area contributed by atoms with Crippen molar-refractivity contribution in [2.45, 2.75) is 0 Å². The van der Waals surface area contributed by atoms with E-state index in [0.29, 0.717) is 0 Å². The highest BCUT2D eigenvalue weighted by molar-refractivity contribution is 6.23. The summed E-state index contributed by atoms with van der Waals surface area (Å²) < 4.78 is 2.32. The number of fused-ring (bicyclic) bond motifs is 13. The van der Waals surface area contributed by atoms with E-state index in [-0.39, 0.29) is 0 Å². The molecule has 10 rings (SSSR count). The van der Waals surface area contributed by atoms with E-state index in [1.807, 2.05) is 12.3 Å². The van der Waals surface area contributed by atoms with Crippen LogP contribution in [0.25, 0.3) is 93.1 Å². The summed E-state index contributed by atoms with van der Waals surface area (Å²) in [5, 5.41) is 9.68. The highest BCUT2D eigenvalue weighted by Gasteiger charge is 2.17. The minimum atomic E-state index is 0.960. The molecule has 3 heterocycles. The Kier molecular flexibility index (Phi) is 5.00. The molecule has 0 amide bonds. The van der Waals surface area contributed by atoms with E-state index in [1.54, 1.807) is 0 Å². The van der Waals surface area contributed by atoms with Gasteiger partial charge in [0.1, 0.15) is 5.65 Å². The van der Waals surface area contributed by atoms with Gasteiger partial charge in [0.25, 0.3) is 0 Å². The summed E-state index contributed by atoms with van der Waals surface area (Å²) in [7, 11) is 0. The molecule has 0 N–H and O–H groups in total. The van der Waals surface area contributed by atoms with Gasteiger partial charge in [-0.25, -0.2) is 4.98 Å². The van der Waals surface area contributed by atoms with E-state index < -0.39 is 0 Å².